The van der Waals surface area contributed by atoms with Gasteiger partial charge in [0, 0.05) is 45.4 Å². The smallest absolute Gasteiger partial charge is 0.160 e. The van der Waals surface area contributed by atoms with Crippen LogP contribution in [0.2, 0.25) is 0 Å². The van der Waals surface area contributed by atoms with Gasteiger partial charge < -0.3 is 19.9 Å². The van der Waals surface area contributed by atoms with E-state index in [4.69, 9.17) is 9.47 Å². The molecule has 2 heterocycles. The molecule has 2 aliphatic rings. The normalized spacial score (nSPS) is 20.5. The van der Waals surface area contributed by atoms with Gasteiger partial charge in [0.25, 0.3) is 0 Å². The van der Waals surface area contributed by atoms with Crippen molar-refractivity contribution in [2.75, 3.05) is 46.5 Å². The summed E-state index contributed by atoms with van der Waals surface area (Å²) in [7, 11) is 1.58. The van der Waals surface area contributed by atoms with Crippen LogP contribution >= 0.6 is 24.8 Å². The summed E-state index contributed by atoms with van der Waals surface area (Å²) in [5.41, 5.74) is 1.19. The number of nitrogens with one attached hydrogen (secondary N) is 1. The molecule has 0 spiro atoms. The first-order valence-electron chi connectivity index (χ1n) is 8.19. The summed E-state index contributed by atoms with van der Waals surface area (Å²) < 4.78 is 10.7. The molecule has 1 aromatic rings. The van der Waals surface area contributed by atoms with E-state index in [1.807, 2.05) is 12.1 Å². The molecule has 0 aromatic heterocycles. The lowest BCUT2D eigenvalue weighted by molar-refractivity contribution is 0.0212. The number of hydrogen-bond acceptors (Lipinski definition) is 5. The van der Waals surface area contributed by atoms with Crippen molar-refractivity contribution >= 4 is 24.8 Å². The van der Waals surface area contributed by atoms with E-state index < -0.39 is 0 Å². The van der Waals surface area contributed by atoms with Gasteiger partial charge in [0.2, 0.25) is 0 Å². The zero-order valence-electron chi connectivity index (χ0n) is 14.1. The fraction of sp³-hybridized carbons (Fsp3) is 0.647. The zero-order chi connectivity index (χ0) is 15.4. The van der Waals surface area contributed by atoms with Crippen LogP contribution in [0.4, 0.5) is 0 Å². The van der Waals surface area contributed by atoms with Gasteiger partial charge in [0.1, 0.15) is 0 Å². The number of rotatable bonds is 4. The molecule has 0 bridgehead atoms. The maximum atomic E-state index is 10.2. The predicted molar refractivity (Wildman–Crippen MR) is 99.9 cm³/mol. The maximum absolute atomic E-state index is 10.2. The monoisotopic (exact) mass is 378 g/mol. The highest BCUT2D eigenvalue weighted by Crippen LogP contribution is 2.38. The molecule has 138 valence electrons. The van der Waals surface area contributed by atoms with E-state index in [-0.39, 0.29) is 30.6 Å². The molecule has 7 heteroatoms. The number of methoxy groups -OCH3 is 1. The number of phenols is 1. The van der Waals surface area contributed by atoms with Crippen LogP contribution in [0.1, 0.15) is 24.4 Å². The summed E-state index contributed by atoms with van der Waals surface area (Å²) in [6.45, 7) is 5.85. The van der Waals surface area contributed by atoms with Gasteiger partial charge in [-0.05, 0) is 36.5 Å². The third kappa shape index (κ3) is 4.90. The van der Waals surface area contributed by atoms with E-state index in [9.17, 15) is 5.11 Å². The Morgan fingerprint density at radius 3 is 2.46 bits per heavy atom. The Balaban J connectivity index is 0.00000144. The fourth-order valence-corrected chi connectivity index (χ4v) is 3.66. The molecule has 0 unspecified atom stereocenters. The Bertz CT molecular complexity index is 475. The summed E-state index contributed by atoms with van der Waals surface area (Å²) in [5, 5.41) is 13.6. The average molecular weight is 379 g/mol. The van der Waals surface area contributed by atoms with Gasteiger partial charge in [-0.3, -0.25) is 4.90 Å². The molecule has 0 amide bonds. The number of hydrogen-bond donors (Lipinski definition) is 2. The largest absolute Gasteiger partial charge is 0.504 e. The van der Waals surface area contributed by atoms with Crippen molar-refractivity contribution in [2.24, 2.45) is 5.92 Å². The number of halogens is 2. The fourth-order valence-electron chi connectivity index (χ4n) is 3.66. The van der Waals surface area contributed by atoms with E-state index in [1.54, 1.807) is 7.11 Å². The maximum Gasteiger partial charge on any atom is 0.160 e. The molecule has 0 radical (unpaired) electrons. The van der Waals surface area contributed by atoms with Gasteiger partial charge in [-0.15, -0.1) is 24.8 Å². The van der Waals surface area contributed by atoms with Crippen LogP contribution in [0.25, 0.3) is 0 Å². The van der Waals surface area contributed by atoms with Crippen LogP contribution in [0, 0.1) is 5.92 Å². The van der Waals surface area contributed by atoms with E-state index in [0.717, 1.165) is 52.2 Å². The molecule has 2 aliphatic heterocycles. The molecule has 2 saturated heterocycles. The van der Waals surface area contributed by atoms with Crippen molar-refractivity contribution in [1.29, 1.82) is 0 Å². The summed E-state index contributed by atoms with van der Waals surface area (Å²) >= 11 is 0. The number of phenolic OH excluding ortho intramolecular Hbond substituents is 1. The van der Waals surface area contributed by atoms with Gasteiger partial charge in [-0.25, -0.2) is 0 Å². The Labute approximate surface area is 156 Å². The molecule has 2 fully saturated rings. The van der Waals surface area contributed by atoms with Crippen LogP contribution in [0.15, 0.2) is 18.2 Å². The molecular weight excluding hydrogens is 351 g/mol. The van der Waals surface area contributed by atoms with Gasteiger partial charge in [0.15, 0.2) is 11.5 Å². The van der Waals surface area contributed by atoms with Crippen molar-refractivity contribution < 1.29 is 14.6 Å². The van der Waals surface area contributed by atoms with E-state index in [1.165, 1.54) is 5.56 Å². The number of benzene rings is 1. The first-order chi connectivity index (χ1) is 10.8. The highest BCUT2D eigenvalue weighted by Gasteiger charge is 2.31. The Morgan fingerprint density at radius 2 is 1.88 bits per heavy atom. The lowest BCUT2D eigenvalue weighted by Crippen LogP contribution is -2.47. The van der Waals surface area contributed by atoms with E-state index >= 15 is 0 Å². The summed E-state index contributed by atoms with van der Waals surface area (Å²) in [4.78, 5) is 2.55. The Kier molecular flexibility index (Phi) is 9.16. The van der Waals surface area contributed by atoms with Crippen molar-refractivity contribution in [2.45, 2.75) is 18.9 Å². The van der Waals surface area contributed by atoms with Crippen LogP contribution in [-0.4, -0.2) is 56.5 Å². The topological polar surface area (TPSA) is 54.0 Å². The van der Waals surface area contributed by atoms with E-state index in [0.29, 0.717) is 17.7 Å². The molecule has 0 saturated carbocycles. The highest BCUT2D eigenvalue weighted by molar-refractivity contribution is 5.85. The summed E-state index contributed by atoms with van der Waals surface area (Å²) in [6, 6.07) is 6.20. The van der Waals surface area contributed by atoms with Gasteiger partial charge in [-0.2, -0.15) is 0 Å². The minimum Gasteiger partial charge on any atom is -0.504 e. The second kappa shape index (κ2) is 10.3. The first kappa shape index (κ1) is 21.3. The first-order valence-corrected chi connectivity index (χ1v) is 8.19. The second-order valence-corrected chi connectivity index (χ2v) is 6.11. The van der Waals surface area contributed by atoms with Crippen LogP contribution in [0.3, 0.4) is 0 Å². The number of piperazine rings is 1. The lowest BCUT2D eigenvalue weighted by atomic mass is 9.85. The quantitative estimate of drug-likeness (QED) is 0.843. The summed E-state index contributed by atoms with van der Waals surface area (Å²) in [6.07, 6.45) is 2.17. The molecule has 24 heavy (non-hydrogen) atoms. The van der Waals surface area contributed by atoms with Gasteiger partial charge in [0.05, 0.1) is 7.11 Å². The molecule has 3 rings (SSSR count). The molecule has 1 aromatic carbocycles. The molecule has 1 atom stereocenters. The predicted octanol–water partition coefficient (Wildman–Crippen LogP) is 2.62. The minimum atomic E-state index is 0. The third-order valence-electron chi connectivity index (χ3n) is 4.80. The van der Waals surface area contributed by atoms with Crippen LogP contribution in [0.5, 0.6) is 11.5 Å². The molecule has 2 N–H and O–H groups in total. The van der Waals surface area contributed by atoms with Crippen LogP contribution in [-0.2, 0) is 4.74 Å². The minimum absolute atomic E-state index is 0. The SMILES string of the molecule is COc1ccc([C@H](C2CCOCC2)N2CCNCC2)cc1O.Cl.Cl. The van der Waals surface area contributed by atoms with Crippen molar-refractivity contribution in [3.05, 3.63) is 23.8 Å². The van der Waals surface area contributed by atoms with Gasteiger partial charge >= 0.3 is 0 Å². The number of aromatic hydroxyl groups is 1. The standard InChI is InChI=1S/C17H26N2O3.2ClH/c1-21-16-3-2-14(12-15(16)20)17(13-4-10-22-11-5-13)19-8-6-18-7-9-19;;/h2-3,12-13,17-18,20H,4-11H2,1H3;2*1H/t17-;;/m0../s1. The van der Waals surface area contributed by atoms with E-state index in [2.05, 4.69) is 16.3 Å². The van der Waals surface area contributed by atoms with Gasteiger partial charge in [-0.1, -0.05) is 6.07 Å². The summed E-state index contributed by atoms with van der Waals surface area (Å²) in [5.74, 6) is 1.35. The molecule has 0 aliphatic carbocycles. The number of ether oxygens (including phenoxy) is 2. The Hall–Kier alpha value is -0.720. The number of nitrogens with zero attached hydrogens (tertiary/aromatic N) is 1. The van der Waals surface area contributed by atoms with Crippen molar-refractivity contribution in [3.8, 4) is 11.5 Å². The van der Waals surface area contributed by atoms with Crippen molar-refractivity contribution in [1.82, 2.24) is 10.2 Å². The molecule has 5 nitrogen and oxygen atoms in total. The lowest BCUT2D eigenvalue weighted by Gasteiger charge is -2.41. The zero-order valence-corrected chi connectivity index (χ0v) is 15.7. The third-order valence-corrected chi connectivity index (χ3v) is 4.80. The Morgan fingerprint density at radius 1 is 1.21 bits per heavy atom. The molecular formula is C17H28Cl2N2O3. The van der Waals surface area contributed by atoms with Crippen molar-refractivity contribution in [3.63, 3.8) is 0 Å². The highest BCUT2D eigenvalue weighted by atomic mass is 35.5. The second-order valence-electron chi connectivity index (χ2n) is 6.11. The average Bonchev–Trinajstić information content (AvgIpc) is 2.57. The van der Waals surface area contributed by atoms with Crippen LogP contribution < -0.4 is 10.1 Å².